The van der Waals surface area contributed by atoms with Crippen LogP contribution in [0.3, 0.4) is 0 Å². The average molecular weight is 359 g/mol. The molecule has 0 bridgehead atoms. The lowest BCUT2D eigenvalue weighted by Gasteiger charge is -2.18. The third-order valence-electron chi connectivity index (χ3n) is 4.93. The number of benzene rings is 2. The van der Waals surface area contributed by atoms with Crippen molar-refractivity contribution in [3.63, 3.8) is 0 Å². The summed E-state index contributed by atoms with van der Waals surface area (Å²) in [7, 11) is 0. The Hall–Kier alpha value is -2.76. The molecule has 0 radical (unpaired) electrons. The normalized spacial score (nSPS) is 19.6. The van der Waals surface area contributed by atoms with Crippen molar-refractivity contribution in [3.8, 4) is 11.1 Å². The van der Waals surface area contributed by atoms with Crippen molar-refractivity contribution in [1.29, 1.82) is 0 Å². The fourth-order valence-corrected chi connectivity index (χ4v) is 3.08. The number of carboxylic acids is 1. The zero-order valence-corrected chi connectivity index (χ0v) is 14.6. The molecule has 1 atom stereocenters. The number of halogens is 2. The molecule has 6 heteroatoms. The topological polar surface area (TPSA) is 57.6 Å². The highest BCUT2D eigenvalue weighted by Gasteiger charge is 2.47. The highest BCUT2D eigenvalue weighted by Crippen LogP contribution is 2.29. The van der Waals surface area contributed by atoms with E-state index in [1.54, 1.807) is 6.07 Å². The number of amides is 1. The van der Waals surface area contributed by atoms with Gasteiger partial charge in [0, 0.05) is 13.0 Å². The molecular weight excluding hydrogens is 340 g/mol. The Bertz CT molecular complexity index is 897. The number of hydrogen-bond donors (Lipinski definition) is 1. The highest BCUT2D eigenvalue weighted by atomic mass is 19.1. The Labute approximate surface area is 150 Å². The Morgan fingerprint density at radius 2 is 1.73 bits per heavy atom. The second-order valence-electron chi connectivity index (χ2n) is 6.74. The van der Waals surface area contributed by atoms with Crippen molar-refractivity contribution in [1.82, 2.24) is 4.90 Å². The third kappa shape index (κ3) is 3.19. The zero-order chi connectivity index (χ0) is 19.1. The Morgan fingerprint density at radius 1 is 1.08 bits per heavy atom. The number of hydrogen-bond acceptors (Lipinski definition) is 2. The molecule has 1 aliphatic heterocycles. The maximum atomic E-state index is 14.5. The molecule has 2 aromatic carbocycles. The summed E-state index contributed by atoms with van der Waals surface area (Å²) in [6, 6.07) is 10.0. The van der Waals surface area contributed by atoms with Crippen LogP contribution in [0.2, 0.25) is 0 Å². The van der Waals surface area contributed by atoms with Gasteiger partial charge in [-0.15, -0.1) is 0 Å². The number of carbonyl (C=O) groups is 2. The van der Waals surface area contributed by atoms with E-state index in [1.165, 1.54) is 12.1 Å². The predicted molar refractivity (Wildman–Crippen MR) is 93.3 cm³/mol. The molecule has 1 N–H and O–H groups in total. The number of carboxylic acid groups (broad SMARTS) is 1. The molecule has 1 heterocycles. The first kappa shape index (κ1) is 18.0. The van der Waals surface area contributed by atoms with Gasteiger partial charge in [0.25, 0.3) is 5.91 Å². The first-order valence-electron chi connectivity index (χ1n) is 8.30. The van der Waals surface area contributed by atoms with Crippen LogP contribution in [0.25, 0.3) is 11.1 Å². The number of nitrogens with zero attached hydrogens (tertiary/aromatic N) is 1. The average Bonchev–Trinajstić information content (AvgIpc) is 3.00. The van der Waals surface area contributed by atoms with E-state index >= 15 is 0 Å². The number of aryl methyl sites for hydroxylation is 2. The van der Waals surface area contributed by atoms with Crippen molar-refractivity contribution < 1.29 is 23.5 Å². The molecule has 1 fully saturated rings. The van der Waals surface area contributed by atoms with E-state index in [-0.39, 0.29) is 18.5 Å². The van der Waals surface area contributed by atoms with Gasteiger partial charge in [0.05, 0.1) is 12.1 Å². The van der Waals surface area contributed by atoms with E-state index in [4.69, 9.17) is 5.11 Å². The fourth-order valence-electron chi connectivity index (χ4n) is 3.08. The number of carbonyl (C=O) groups excluding carboxylic acids is 1. The summed E-state index contributed by atoms with van der Waals surface area (Å²) < 4.78 is 28.6. The minimum Gasteiger partial charge on any atom is -0.479 e. The lowest BCUT2D eigenvalue weighted by molar-refractivity contribution is -0.149. The lowest BCUT2D eigenvalue weighted by Crippen LogP contribution is -2.39. The summed E-state index contributed by atoms with van der Waals surface area (Å²) in [5.41, 5.74) is 1.02. The molecule has 1 saturated heterocycles. The van der Waals surface area contributed by atoms with E-state index in [1.807, 2.05) is 32.0 Å². The summed E-state index contributed by atoms with van der Waals surface area (Å²) in [4.78, 5) is 24.5. The quantitative estimate of drug-likeness (QED) is 0.908. The number of aliphatic carboxylic acids is 1. The van der Waals surface area contributed by atoms with E-state index < -0.39 is 29.9 Å². The van der Waals surface area contributed by atoms with Gasteiger partial charge >= 0.3 is 5.97 Å². The van der Waals surface area contributed by atoms with Gasteiger partial charge < -0.3 is 10.0 Å². The zero-order valence-electron chi connectivity index (χ0n) is 14.6. The van der Waals surface area contributed by atoms with Crippen LogP contribution in [-0.4, -0.2) is 40.6 Å². The summed E-state index contributed by atoms with van der Waals surface area (Å²) in [5.74, 6) is -3.01. The molecule has 0 spiro atoms. The Balaban J connectivity index is 1.85. The van der Waals surface area contributed by atoms with Gasteiger partial charge in [-0.2, -0.15) is 0 Å². The smallest absolute Gasteiger partial charge is 0.343 e. The van der Waals surface area contributed by atoms with Crippen LogP contribution in [0.5, 0.6) is 0 Å². The summed E-state index contributed by atoms with van der Waals surface area (Å²) in [6.45, 7) is 3.32. The van der Waals surface area contributed by atoms with Gasteiger partial charge in [-0.05, 0) is 48.2 Å². The van der Waals surface area contributed by atoms with Gasteiger partial charge in [0.1, 0.15) is 5.82 Å². The van der Waals surface area contributed by atoms with Crippen molar-refractivity contribution in [2.45, 2.75) is 25.9 Å². The molecule has 136 valence electrons. The van der Waals surface area contributed by atoms with Crippen LogP contribution in [0.4, 0.5) is 8.78 Å². The maximum Gasteiger partial charge on any atom is 0.343 e. The molecule has 0 aliphatic carbocycles. The fraction of sp³-hybridized carbons (Fsp3) is 0.300. The first-order valence-corrected chi connectivity index (χ1v) is 8.30. The van der Waals surface area contributed by atoms with Gasteiger partial charge in [-0.25, -0.2) is 13.6 Å². The van der Waals surface area contributed by atoms with E-state index in [0.717, 1.165) is 21.6 Å². The number of alkyl halides is 1. The minimum absolute atomic E-state index is 0.0556. The second-order valence-corrected chi connectivity index (χ2v) is 6.74. The molecule has 2 aromatic rings. The van der Waals surface area contributed by atoms with Crippen LogP contribution < -0.4 is 0 Å². The second kappa shape index (κ2) is 6.52. The summed E-state index contributed by atoms with van der Waals surface area (Å²) in [5, 5.41) is 8.91. The molecule has 1 unspecified atom stereocenters. The molecule has 3 rings (SSSR count). The first-order chi connectivity index (χ1) is 12.2. The predicted octanol–water partition coefficient (Wildman–Crippen LogP) is 3.75. The highest BCUT2D eigenvalue weighted by molar-refractivity contribution is 5.96. The largest absolute Gasteiger partial charge is 0.479 e. The number of likely N-dealkylation sites (tertiary alicyclic amines) is 1. The van der Waals surface area contributed by atoms with Crippen LogP contribution in [-0.2, 0) is 4.79 Å². The Kier molecular flexibility index (Phi) is 4.52. The monoisotopic (exact) mass is 359 g/mol. The van der Waals surface area contributed by atoms with Crippen molar-refractivity contribution in [2.24, 2.45) is 0 Å². The third-order valence-corrected chi connectivity index (χ3v) is 4.93. The lowest BCUT2D eigenvalue weighted by atomic mass is 9.99. The van der Waals surface area contributed by atoms with Gasteiger partial charge in [0.2, 0.25) is 5.67 Å². The van der Waals surface area contributed by atoms with E-state index in [2.05, 4.69) is 0 Å². The standard InChI is InChI=1S/C20H19F2NO3/c1-12-3-4-14(9-13(12)2)15-5-6-16(17(21)10-15)18(24)23-8-7-20(22,11-23)19(25)26/h3-6,9-10H,7-8,11H2,1-2H3,(H,25,26). The molecular formula is C20H19F2NO3. The van der Waals surface area contributed by atoms with E-state index in [0.29, 0.717) is 5.56 Å². The van der Waals surface area contributed by atoms with Gasteiger partial charge in [-0.1, -0.05) is 24.3 Å². The SMILES string of the molecule is Cc1ccc(-c2ccc(C(=O)N3CCC(F)(C(=O)O)C3)c(F)c2)cc1C. The summed E-state index contributed by atoms with van der Waals surface area (Å²) in [6.07, 6.45) is -0.295. The van der Waals surface area contributed by atoms with Gasteiger partial charge in [0.15, 0.2) is 0 Å². The Morgan fingerprint density at radius 3 is 2.31 bits per heavy atom. The summed E-state index contributed by atoms with van der Waals surface area (Å²) >= 11 is 0. The number of rotatable bonds is 3. The minimum atomic E-state index is -2.47. The molecule has 0 saturated carbocycles. The van der Waals surface area contributed by atoms with Crippen LogP contribution in [0.1, 0.15) is 27.9 Å². The van der Waals surface area contributed by atoms with Crippen LogP contribution >= 0.6 is 0 Å². The van der Waals surface area contributed by atoms with Crippen molar-refractivity contribution >= 4 is 11.9 Å². The molecule has 4 nitrogen and oxygen atoms in total. The van der Waals surface area contributed by atoms with Crippen molar-refractivity contribution in [2.75, 3.05) is 13.1 Å². The molecule has 1 aliphatic rings. The molecule has 26 heavy (non-hydrogen) atoms. The van der Waals surface area contributed by atoms with Crippen LogP contribution in [0.15, 0.2) is 36.4 Å². The van der Waals surface area contributed by atoms with Crippen LogP contribution in [0, 0.1) is 19.7 Å². The molecule has 0 aromatic heterocycles. The van der Waals surface area contributed by atoms with E-state index in [9.17, 15) is 18.4 Å². The van der Waals surface area contributed by atoms with Gasteiger partial charge in [-0.3, -0.25) is 4.79 Å². The maximum absolute atomic E-state index is 14.5. The molecule has 1 amide bonds. The van der Waals surface area contributed by atoms with Crippen molar-refractivity contribution in [3.05, 3.63) is 58.9 Å².